The molecule has 2 aromatic rings. The number of amides is 1. The number of carboxylic acid groups (broad SMARTS) is 1. The van der Waals surface area contributed by atoms with E-state index in [2.05, 4.69) is 10.4 Å². The van der Waals surface area contributed by atoms with Crippen molar-refractivity contribution in [2.45, 2.75) is 39.7 Å². The number of carboxylic acids is 1. The molecule has 6 nitrogen and oxygen atoms in total. The van der Waals surface area contributed by atoms with E-state index in [0.29, 0.717) is 16.8 Å². The van der Waals surface area contributed by atoms with E-state index in [9.17, 15) is 9.59 Å². The van der Waals surface area contributed by atoms with Gasteiger partial charge < -0.3 is 10.4 Å². The maximum absolute atomic E-state index is 12.5. The van der Waals surface area contributed by atoms with Gasteiger partial charge in [-0.2, -0.15) is 5.10 Å². The lowest BCUT2D eigenvalue weighted by atomic mass is 10.1. The normalized spacial score (nSPS) is 11.3. The molecular weight excluding hydrogens is 294 g/mol. The third-order valence-electron chi connectivity index (χ3n) is 3.50. The number of aliphatic carboxylic acids is 1. The van der Waals surface area contributed by atoms with Crippen molar-refractivity contribution >= 4 is 17.6 Å². The van der Waals surface area contributed by atoms with E-state index < -0.39 is 5.97 Å². The summed E-state index contributed by atoms with van der Waals surface area (Å²) in [5.41, 5.74) is 2.09. The number of benzene rings is 1. The van der Waals surface area contributed by atoms with Crippen LogP contribution in [0.2, 0.25) is 0 Å². The monoisotopic (exact) mass is 315 g/mol. The van der Waals surface area contributed by atoms with E-state index in [1.165, 1.54) is 6.20 Å². The minimum atomic E-state index is -0.941. The predicted octanol–water partition coefficient (Wildman–Crippen LogP) is 2.83. The van der Waals surface area contributed by atoms with E-state index >= 15 is 0 Å². The van der Waals surface area contributed by atoms with Gasteiger partial charge in [-0.05, 0) is 39.3 Å². The van der Waals surface area contributed by atoms with Gasteiger partial charge in [-0.1, -0.05) is 18.2 Å². The van der Waals surface area contributed by atoms with Crippen LogP contribution >= 0.6 is 0 Å². The SMILES string of the molecule is Cc1c(C(=O)Nc2ccccc2CC(=O)O)cnn1C(C)(C)C. The third-order valence-corrected chi connectivity index (χ3v) is 3.50. The van der Waals surface area contributed by atoms with Gasteiger partial charge in [0.1, 0.15) is 0 Å². The highest BCUT2D eigenvalue weighted by Gasteiger charge is 2.22. The fourth-order valence-corrected chi connectivity index (χ4v) is 2.46. The number of para-hydroxylation sites is 1. The predicted molar refractivity (Wildman–Crippen MR) is 87.7 cm³/mol. The highest BCUT2D eigenvalue weighted by Crippen LogP contribution is 2.21. The van der Waals surface area contributed by atoms with Crippen LogP contribution in [0.3, 0.4) is 0 Å². The van der Waals surface area contributed by atoms with Crippen molar-refractivity contribution in [3.63, 3.8) is 0 Å². The Hall–Kier alpha value is -2.63. The first-order chi connectivity index (χ1) is 10.7. The Kier molecular flexibility index (Phi) is 4.54. The average Bonchev–Trinajstić information content (AvgIpc) is 2.82. The largest absolute Gasteiger partial charge is 0.481 e. The number of rotatable bonds is 4. The van der Waals surface area contributed by atoms with Gasteiger partial charge in [0.05, 0.1) is 23.7 Å². The van der Waals surface area contributed by atoms with E-state index in [-0.39, 0.29) is 17.9 Å². The number of nitrogens with one attached hydrogen (secondary N) is 1. The van der Waals surface area contributed by atoms with Gasteiger partial charge in [-0.3, -0.25) is 14.3 Å². The third kappa shape index (κ3) is 3.77. The molecule has 0 aliphatic heterocycles. The smallest absolute Gasteiger partial charge is 0.307 e. The molecule has 0 spiro atoms. The quantitative estimate of drug-likeness (QED) is 0.908. The first-order valence-electron chi connectivity index (χ1n) is 7.36. The van der Waals surface area contributed by atoms with Crippen LogP contribution in [0.1, 0.15) is 42.4 Å². The molecule has 23 heavy (non-hydrogen) atoms. The molecule has 1 amide bonds. The van der Waals surface area contributed by atoms with Gasteiger partial charge in [0.25, 0.3) is 5.91 Å². The van der Waals surface area contributed by atoms with Crippen molar-refractivity contribution < 1.29 is 14.7 Å². The van der Waals surface area contributed by atoms with Gasteiger partial charge in [0.15, 0.2) is 0 Å². The second-order valence-electron chi connectivity index (χ2n) is 6.41. The van der Waals surface area contributed by atoms with Crippen LogP contribution in [0.4, 0.5) is 5.69 Å². The Balaban J connectivity index is 2.27. The average molecular weight is 315 g/mol. The zero-order chi connectivity index (χ0) is 17.2. The molecule has 0 atom stereocenters. The molecule has 1 aromatic carbocycles. The van der Waals surface area contributed by atoms with Crippen molar-refractivity contribution in [2.75, 3.05) is 5.32 Å². The second kappa shape index (κ2) is 6.24. The Morgan fingerprint density at radius 1 is 1.26 bits per heavy atom. The van der Waals surface area contributed by atoms with Crippen molar-refractivity contribution in [3.05, 3.63) is 47.3 Å². The zero-order valence-corrected chi connectivity index (χ0v) is 13.8. The van der Waals surface area contributed by atoms with E-state index in [1.54, 1.807) is 28.9 Å². The number of carbonyl (C=O) groups excluding carboxylic acids is 1. The van der Waals surface area contributed by atoms with Crippen LogP contribution in [-0.4, -0.2) is 26.8 Å². The molecule has 0 unspecified atom stereocenters. The summed E-state index contributed by atoms with van der Waals surface area (Å²) in [4.78, 5) is 23.4. The zero-order valence-electron chi connectivity index (χ0n) is 13.8. The molecule has 0 saturated heterocycles. The standard InChI is InChI=1S/C17H21N3O3/c1-11-13(10-18-20(11)17(2,3)4)16(23)19-14-8-6-5-7-12(14)9-15(21)22/h5-8,10H,9H2,1-4H3,(H,19,23)(H,21,22). The van der Waals surface area contributed by atoms with Crippen molar-refractivity contribution in [2.24, 2.45) is 0 Å². The highest BCUT2D eigenvalue weighted by molar-refractivity contribution is 6.05. The molecule has 6 heteroatoms. The minimum absolute atomic E-state index is 0.142. The molecule has 0 saturated carbocycles. The van der Waals surface area contributed by atoms with Gasteiger partial charge in [-0.25, -0.2) is 0 Å². The van der Waals surface area contributed by atoms with Crippen LogP contribution in [0.5, 0.6) is 0 Å². The summed E-state index contributed by atoms with van der Waals surface area (Å²) in [6, 6.07) is 6.89. The fraction of sp³-hybridized carbons (Fsp3) is 0.353. The van der Waals surface area contributed by atoms with Crippen LogP contribution in [0, 0.1) is 6.92 Å². The first kappa shape index (κ1) is 16.7. The fourth-order valence-electron chi connectivity index (χ4n) is 2.46. The number of hydrogen-bond donors (Lipinski definition) is 2. The number of aromatic nitrogens is 2. The lowest BCUT2D eigenvalue weighted by molar-refractivity contribution is -0.136. The molecule has 0 bridgehead atoms. The molecule has 122 valence electrons. The molecule has 0 radical (unpaired) electrons. The van der Waals surface area contributed by atoms with Gasteiger partial charge in [-0.15, -0.1) is 0 Å². The van der Waals surface area contributed by atoms with Gasteiger partial charge in [0.2, 0.25) is 0 Å². The molecule has 2 rings (SSSR count). The number of carbonyl (C=O) groups is 2. The van der Waals surface area contributed by atoms with Crippen molar-refractivity contribution in [3.8, 4) is 0 Å². The van der Waals surface area contributed by atoms with Crippen LogP contribution in [0.15, 0.2) is 30.5 Å². The van der Waals surface area contributed by atoms with E-state index in [4.69, 9.17) is 5.11 Å². The summed E-state index contributed by atoms with van der Waals surface area (Å²) in [5, 5.41) is 16.0. The summed E-state index contributed by atoms with van der Waals surface area (Å²) in [6.45, 7) is 7.88. The molecule has 1 heterocycles. The molecule has 0 aliphatic rings. The summed E-state index contributed by atoms with van der Waals surface area (Å²) in [5.74, 6) is -1.24. The molecule has 0 fully saturated rings. The van der Waals surface area contributed by atoms with Gasteiger partial charge in [0, 0.05) is 11.4 Å². The lowest BCUT2D eigenvalue weighted by Crippen LogP contribution is -2.25. The van der Waals surface area contributed by atoms with Crippen LogP contribution < -0.4 is 5.32 Å². The van der Waals surface area contributed by atoms with Crippen molar-refractivity contribution in [1.29, 1.82) is 0 Å². The Labute approximate surface area is 135 Å². The Morgan fingerprint density at radius 2 is 1.91 bits per heavy atom. The Bertz CT molecular complexity index is 742. The van der Waals surface area contributed by atoms with Crippen LogP contribution in [0.25, 0.3) is 0 Å². The van der Waals surface area contributed by atoms with E-state index in [1.807, 2.05) is 27.7 Å². The number of anilines is 1. The highest BCUT2D eigenvalue weighted by atomic mass is 16.4. The van der Waals surface area contributed by atoms with Crippen molar-refractivity contribution in [1.82, 2.24) is 9.78 Å². The molecular formula is C17H21N3O3. The van der Waals surface area contributed by atoms with Gasteiger partial charge >= 0.3 is 5.97 Å². The summed E-state index contributed by atoms with van der Waals surface area (Å²) < 4.78 is 1.80. The molecule has 0 aliphatic carbocycles. The minimum Gasteiger partial charge on any atom is -0.481 e. The first-order valence-corrected chi connectivity index (χ1v) is 7.36. The summed E-state index contributed by atoms with van der Waals surface area (Å²) >= 11 is 0. The lowest BCUT2D eigenvalue weighted by Gasteiger charge is -2.21. The Morgan fingerprint density at radius 3 is 2.48 bits per heavy atom. The summed E-state index contributed by atoms with van der Waals surface area (Å²) in [6.07, 6.45) is 1.40. The molecule has 1 aromatic heterocycles. The second-order valence-corrected chi connectivity index (χ2v) is 6.41. The topological polar surface area (TPSA) is 84.2 Å². The molecule has 2 N–H and O–H groups in total. The van der Waals surface area contributed by atoms with E-state index in [0.717, 1.165) is 5.69 Å². The number of hydrogen-bond acceptors (Lipinski definition) is 3. The maximum atomic E-state index is 12.5. The van der Waals surface area contributed by atoms with Crippen LogP contribution in [-0.2, 0) is 16.8 Å². The number of nitrogens with zero attached hydrogens (tertiary/aromatic N) is 2. The maximum Gasteiger partial charge on any atom is 0.307 e. The summed E-state index contributed by atoms with van der Waals surface area (Å²) in [7, 11) is 0.